The summed E-state index contributed by atoms with van der Waals surface area (Å²) in [5.41, 5.74) is 7.63. The summed E-state index contributed by atoms with van der Waals surface area (Å²) in [5, 5.41) is 0.496. The smallest absolute Gasteiger partial charge is 0.263 e. The Morgan fingerprint density at radius 2 is 2.00 bits per heavy atom. The molecule has 8 heteroatoms. The lowest BCUT2D eigenvalue weighted by molar-refractivity contribution is 0.0974. The van der Waals surface area contributed by atoms with Crippen LogP contribution in [0.1, 0.15) is 31.2 Å². The van der Waals surface area contributed by atoms with Crippen molar-refractivity contribution < 1.29 is 4.74 Å². The monoisotopic (exact) mass is 480 g/mol. The van der Waals surface area contributed by atoms with Crippen LogP contribution < -0.4 is 16.2 Å². The molecule has 156 valence electrons. The first-order valence-corrected chi connectivity index (χ1v) is 11.1. The fraction of sp³-hybridized carbons (Fsp3) is 0.524. The molecule has 0 aliphatic carbocycles. The standard InChI is InChI=1S/C21H26BrClN4O2/c1-12-19(26-9-7-21(8-10-26)11-29-13(2)18(21)24)25-14(3)27(20(12)28)16-6-4-5-15(22)17(16)23/h4-6,13,18H,7-11,24H2,1-3H3/t13-,18+/m1/s1. The van der Waals surface area contributed by atoms with Crippen molar-refractivity contribution in [2.24, 2.45) is 11.1 Å². The van der Waals surface area contributed by atoms with Gasteiger partial charge < -0.3 is 15.4 Å². The summed E-state index contributed by atoms with van der Waals surface area (Å²) in [4.78, 5) is 20.3. The molecule has 6 nitrogen and oxygen atoms in total. The third-order valence-electron chi connectivity index (χ3n) is 6.53. The maximum Gasteiger partial charge on any atom is 0.263 e. The van der Waals surface area contributed by atoms with Crippen molar-refractivity contribution in [2.45, 2.75) is 45.8 Å². The van der Waals surface area contributed by atoms with Crippen LogP contribution in [0.3, 0.4) is 0 Å². The van der Waals surface area contributed by atoms with Crippen molar-refractivity contribution in [2.75, 3.05) is 24.6 Å². The topological polar surface area (TPSA) is 73.4 Å². The predicted molar refractivity (Wildman–Crippen MR) is 119 cm³/mol. The molecule has 2 N–H and O–H groups in total. The molecule has 0 bridgehead atoms. The maximum atomic E-state index is 13.2. The Kier molecular flexibility index (Phi) is 5.53. The first-order chi connectivity index (χ1) is 13.7. The van der Waals surface area contributed by atoms with E-state index in [0.29, 0.717) is 22.1 Å². The molecule has 2 saturated heterocycles. The van der Waals surface area contributed by atoms with Gasteiger partial charge in [-0.3, -0.25) is 9.36 Å². The van der Waals surface area contributed by atoms with Gasteiger partial charge in [0.05, 0.1) is 29.0 Å². The summed E-state index contributed by atoms with van der Waals surface area (Å²) in [6, 6.07) is 5.60. The first-order valence-electron chi connectivity index (χ1n) is 9.92. The normalized spacial score (nSPS) is 23.7. The molecule has 2 aliphatic heterocycles. The molecule has 29 heavy (non-hydrogen) atoms. The molecule has 3 heterocycles. The second kappa shape index (κ2) is 7.69. The minimum atomic E-state index is -0.0951. The fourth-order valence-electron chi connectivity index (χ4n) is 4.59. The van der Waals surface area contributed by atoms with Crippen LogP contribution in [-0.4, -0.2) is 41.4 Å². The van der Waals surface area contributed by atoms with Crippen LogP contribution in [0.2, 0.25) is 5.02 Å². The number of nitrogens with zero attached hydrogens (tertiary/aromatic N) is 3. The van der Waals surface area contributed by atoms with E-state index in [4.69, 9.17) is 27.1 Å². The average molecular weight is 482 g/mol. The molecular formula is C21H26BrClN4O2. The second-order valence-corrected chi connectivity index (χ2v) is 9.44. The number of halogens is 2. The molecule has 0 radical (unpaired) electrons. The van der Waals surface area contributed by atoms with Gasteiger partial charge in [-0.05, 0) is 61.7 Å². The van der Waals surface area contributed by atoms with Crippen LogP contribution in [0.15, 0.2) is 27.5 Å². The molecule has 4 rings (SSSR count). The van der Waals surface area contributed by atoms with Crippen molar-refractivity contribution >= 4 is 33.3 Å². The highest BCUT2D eigenvalue weighted by molar-refractivity contribution is 9.10. The van der Waals surface area contributed by atoms with Gasteiger partial charge in [-0.1, -0.05) is 17.7 Å². The van der Waals surface area contributed by atoms with Crippen molar-refractivity contribution in [3.63, 3.8) is 0 Å². The Labute approximate surface area is 184 Å². The number of benzene rings is 1. The van der Waals surface area contributed by atoms with Gasteiger partial charge in [0.2, 0.25) is 0 Å². The summed E-state index contributed by atoms with van der Waals surface area (Å²) in [6.45, 7) is 8.08. The van der Waals surface area contributed by atoms with E-state index < -0.39 is 0 Å². The number of ether oxygens (including phenoxy) is 1. The number of nitrogens with two attached hydrogens (primary N) is 1. The average Bonchev–Trinajstić information content (AvgIpc) is 2.97. The van der Waals surface area contributed by atoms with Gasteiger partial charge >= 0.3 is 0 Å². The number of aromatic nitrogens is 2. The van der Waals surface area contributed by atoms with E-state index in [1.54, 1.807) is 4.57 Å². The Hall–Kier alpha value is -1.41. The lowest BCUT2D eigenvalue weighted by Gasteiger charge is -2.42. The molecule has 2 atom stereocenters. The molecule has 2 aliphatic rings. The number of hydrogen-bond donors (Lipinski definition) is 1. The van der Waals surface area contributed by atoms with Crippen LogP contribution in [0.4, 0.5) is 5.82 Å². The Morgan fingerprint density at radius 1 is 1.31 bits per heavy atom. The third kappa shape index (κ3) is 3.42. The molecule has 2 fully saturated rings. The molecule has 0 unspecified atom stereocenters. The third-order valence-corrected chi connectivity index (χ3v) is 7.81. The van der Waals surface area contributed by atoms with E-state index in [2.05, 4.69) is 20.8 Å². The second-order valence-electron chi connectivity index (χ2n) is 8.21. The van der Waals surface area contributed by atoms with Crippen molar-refractivity contribution in [1.29, 1.82) is 0 Å². The Balaban J connectivity index is 1.66. The van der Waals surface area contributed by atoms with Crippen molar-refractivity contribution in [3.05, 3.63) is 49.4 Å². The van der Waals surface area contributed by atoms with Crippen LogP contribution >= 0.6 is 27.5 Å². The highest BCUT2D eigenvalue weighted by atomic mass is 79.9. The van der Waals surface area contributed by atoms with Gasteiger partial charge in [0.25, 0.3) is 5.56 Å². The molecule has 0 saturated carbocycles. The summed E-state index contributed by atoms with van der Waals surface area (Å²) < 4.78 is 8.15. The van der Waals surface area contributed by atoms with Gasteiger partial charge in [0, 0.05) is 29.0 Å². The maximum absolute atomic E-state index is 13.2. The summed E-state index contributed by atoms with van der Waals surface area (Å²) in [6.07, 6.45) is 1.99. The summed E-state index contributed by atoms with van der Waals surface area (Å²) >= 11 is 9.87. The van der Waals surface area contributed by atoms with Crippen molar-refractivity contribution in [1.82, 2.24) is 9.55 Å². The lowest BCUT2D eigenvalue weighted by atomic mass is 9.73. The van der Waals surface area contributed by atoms with Gasteiger partial charge in [-0.15, -0.1) is 0 Å². The predicted octanol–water partition coefficient (Wildman–Crippen LogP) is 3.60. The van der Waals surface area contributed by atoms with E-state index >= 15 is 0 Å². The minimum absolute atomic E-state index is 0.0394. The zero-order valence-corrected chi connectivity index (χ0v) is 19.3. The lowest BCUT2D eigenvalue weighted by Crippen LogP contribution is -2.51. The van der Waals surface area contributed by atoms with Gasteiger partial charge in [-0.2, -0.15) is 0 Å². The molecular weight excluding hydrogens is 456 g/mol. The zero-order chi connectivity index (χ0) is 20.9. The Bertz CT molecular complexity index is 1000. The van der Waals surface area contributed by atoms with E-state index in [-0.39, 0.29) is 23.1 Å². The van der Waals surface area contributed by atoms with Gasteiger partial charge in [0.1, 0.15) is 11.6 Å². The summed E-state index contributed by atoms with van der Waals surface area (Å²) in [5.74, 6) is 1.37. The quantitative estimate of drug-likeness (QED) is 0.709. The summed E-state index contributed by atoms with van der Waals surface area (Å²) in [7, 11) is 0. The highest BCUT2D eigenvalue weighted by Gasteiger charge is 2.47. The van der Waals surface area contributed by atoms with E-state index in [0.717, 1.165) is 42.8 Å². The van der Waals surface area contributed by atoms with E-state index in [9.17, 15) is 4.79 Å². The number of rotatable bonds is 2. The minimum Gasteiger partial charge on any atom is -0.376 e. The van der Waals surface area contributed by atoms with Crippen molar-refractivity contribution in [3.8, 4) is 5.69 Å². The molecule has 1 spiro atoms. The molecule has 2 aromatic rings. The molecule has 0 amide bonds. The van der Waals surface area contributed by atoms with Crippen LogP contribution in [-0.2, 0) is 4.74 Å². The molecule has 1 aromatic carbocycles. The van der Waals surface area contributed by atoms with E-state index in [1.165, 1.54) is 0 Å². The fourth-order valence-corrected chi connectivity index (χ4v) is 5.16. The molecule has 1 aromatic heterocycles. The van der Waals surface area contributed by atoms with Crippen LogP contribution in [0, 0.1) is 19.3 Å². The zero-order valence-electron chi connectivity index (χ0n) is 16.9. The van der Waals surface area contributed by atoms with Gasteiger partial charge in [0.15, 0.2) is 0 Å². The van der Waals surface area contributed by atoms with E-state index in [1.807, 2.05) is 39.0 Å². The van der Waals surface area contributed by atoms with Gasteiger partial charge in [-0.25, -0.2) is 4.98 Å². The number of piperidine rings is 1. The number of aryl methyl sites for hydroxylation is 1. The first kappa shape index (κ1) is 20.8. The highest BCUT2D eigenvalue weighted by Crippen LogP contribution is 2.42. The SMILES string of the molecule is Cc1c(N2CCC3(CC2)CO[C@H](C)[C@@H]3N)nc(C)n(-c2cccc(Br)c2Cl)c1=O. The largest absolute Gasteiger partial charge is 0.376 e. The van der Waals surface area contributed by atoms with Crippen LogP contribution in [0.5, 0.6) is 0 Å². The number of hydrogen-bond acceptors (Lipinski definition) is 5. The Morgan fingerprint density at radius 3 is 2.62 bits per heavy atom. The number of anilines is 1. The van der Waals surface area contributed by atoms with Crippen LogP contribution in [0.25, 0.3) is 5.69 Å².